The molecular formula is C16H15N3O3S. The minimum atomic E-state index is -0.516. The number of aryl methyl sites for hydroxylation is 1. The smallest absolute Gasteiger partial charge is 0.359 e. The number of anilines is 1. The van der Waals surface area contributed by atoms with Gasteiger partial charge in [-0.25, -0.2) is 4.79 Å². The van der Waals surface area contributed by atoms with Gasteiger partial charge in [-0.3, -0.25) is 9.89 Å². The van der Waals surface area contributed by atoms with Crippen molar-refractivity contribution < 1.29 is 14.3 Å². The first kappa shape index (κ1) is 15.2. The van der Waals surface area contributed by atoms with E-state index in [0.717, 1.165) is 5.56 Å². The van der Waals surface area contributed by atoms with Gasteiger partial charge in [0.1, 0.15) is 0 Å². The molecule has 0 bridgehead atoms. The van der Waals surface area contributed by atoms with E-state index in [9.17, 15) is 9.59 Å². The number of rotatable bonds is 5. The molecule has 0 atom stereocenters. The van der Waals surface area contributed by atoms with E-state index in [1.54, 1.807) is 29.5 Å². The molecule has 3 aromatic rings. The summed E-state index contributed by atoms with van der Waals surface area (Å²) in [5.41, 5.74) is 2.70. The molecule has 0 saturated carbocycles. The van der Waals surface area contributed by atoms with Gasteiger partial charge in [0.25, 0.3) is 0 Å². The summed E-state index contributed by atoms with van der Waals surface area (Å²) in [6.45, 7) is 0. The number of hydrogen-bond acceptors (Lipinski definition) is 5. The molecule has 0 fully saturated rings. The lowest BCUT2D eigenvalue weighted by Crippen LogP contribution is -2.12. The molecule has 118 valence electrons. The van der Waals surface area contributed by atoms with Gasteiger partial charge in [0.15, 0.2) is 5.69 Å². The average Bonchev–Trinajstić information content (AvgIpc) is 3.21. The summed E-state index contributed by atoms with van der Waals surface area (Å²) in [7, 11) is 1.30. The Morgan fingerprint density at radius 3 is 2.96 bits per heavy atom. The normalized spacial score (nSPS) is 10.7. The number of benzene rings is 1. The van der Waals surface area contributed by atoms with E-state index in [1.165, 1.54) is 7.11 Å². The maximum absolute atomic E-state index is 12.0. The Labute approximate surface area is 136 Å². The minimum Gasteiger partial charge on any atom is -0.464 e. The number of nitrogens with zero attached hydrogens (tertiary/aromatic N) is 1. The Hall–Kier alpha value is -2.67. The Morgan fingerprint density at radius 1 is 1.35 bits per heavy atom. The maximum Gasteiger partial charge on any atom is 0.359 e. The summed E-state index contributed by atoms with van der Waals surface area (Å²) in [6.07, 6.45) is 1.11. The van der Waals surface area contributed by atoms with Crippen LogP contribution in [0, 0.1) is 0 Å². The van der Waals surface area contributed by atoms with Crippen molar-refractivity contribution in [1.82, 2.24) is 10.2 Å². The standard InChI is InChI=1S/C16H15N3O3S/c1-22-16(21)15-12-8-11(3-4-13(12)18-19-15)17-14(20)5-2-10-6-7-23-9-10/h3-4,6-9H,2,5H2,1H3,(H,17,20)(H,18,19). The van der Waals surface area contributed by atoms with Crippen LogP contribution in [0.3, 0.4) is 0 Å². The summed E-state index contributed by atoms with van der Waals surface area (Å²) in [5.74, 6) is -0.587. The number of amides is 1. The van der Waals surface area contributed by atoms with Crippen LogP contribution >= 0.6 is 11.3 Å². The van der Waals surface area contributed by atoms with E-state index in [1.807, 2.05) is 16.8 Å². The molecule has 2 N–H and O–H groups in total. The number of nitrogens with one attached hydrogen (secondary N) is 2. The third-order valence-corrected chi connectivity index (χ3v) is 4.18. The third-order valence-electron chi connectivity index (χ3n) is 3.45. The Bertz CT molecular complexity index is 840. The zero-order valence-corrected chi connectivity index (χ0v) is 13.3. The van der Waals surface area contributed by atoms with E-state index >= 15 is 0 Å². The average molecular weight is 329 g/mol. The van der Waals surface area contributed by atoms with Crippen molar-refractivity contribution in [3.63, 3.8) is 0 Å². The van der Waals surface area contributed by atoms with E-state index in [2.05, 4.69) is 15.5 Å². The van der Waals surface area contributed by atoms with Crippen LogP contribution in [0.2, 0.25) is 0 Å². The molecule has 0 aliphatic heterocycles. The molecule has 0 aliphatic rings. The number of thiophene rings is 1. The number of fused-ring (bicyclic) bond motifs is 1. The molecule has 0 spiro atoms. The Morgan fingerprint density at radius 2 is 2.22 bits per heavy atom. The van der Waals surface area contributed by atoms with Crippen LogP contribution in [0.15, 0.2) is 35.0 Å². The SMILES string of the molecule is COC(=O)c1n[nH]c2ccc(NC(=O)CCc3ccsc3)cc12. The second-order valence-electron chi connectivity index (χ2n) is 5.00. The fraction of sp³-hybridized carbons (Fsp3) is 0.188. The second-order valence-corrected chi connectivity index (χ2v) is 5.78. The van der Waals surface area contributed by atoms with Crippen LogP contribution in [0.25, 0.3) is 10.9 Å². The van der Waals surface area contributed by atoms with Gasteiger partial charge in [-0.2, -0.15) is 16.4 Å². The molecule has 23 heavy (non-hydrogen) atoms. The number of H-pyrrole nitrogens is 1. The first-order chi connectivity index (χ1) is 11.2. The van der Waals surface area contributed by atoms with Gasteiger partial charge in [0.05, 0.1) is 12.6 Å². The Kier molecular flexibility index (Phi) is 4.38. The number of hydrogen-bond donors (Lipinski definition) is 2. The molecule has 7 heteroatoms. The number of carbonyl (C=O) groups excluding carboxylic acids is 2. The lowest BCUT2D eigenvalue weighted by atomic mass is 10.1. The van der Waals surface area contributed by atoms with Gasteiger partial charge in [-0.15, -0.1) is 0 Å². The van der Waals surface area contributed by atoms with E-state index in [4.69, 9.17) is 4.74 Å². The first-order valence-corrected chi connectivity index (χ1v) is 7.99. The zero-order chi connectivity index (χ0) is 16.2. The monoisotopic (exact) mass is 329 g/mol. The van der Waals surface area contributed by atoms with Gasteiger partial charge < -0.3 is 10.1 Å². The van der Waals surface area contributed by atoms with Gasteiger partial charge in [-0.05, 0) is 47.0 Å². The number of ether oxygens (including phenoxy) is 1. The summed E-state index contributed by atoms with van der Waals surface area (Å²) < 4.78 is 4.70. The van der Waals surface area contributed by atoms with Gasteiger partial charge >= 0.3 is 5.97 Å². The highest BCUT2D eigenvalue weighted by molar-refractivity contribution is 7.07. The number of aromatic amines is 1. The molecule has 1 aromatic carbocycles. The summed E-state index contributed by atoms with van der Waals surface area (Å²) >= 11 is 1.62. The maximum atomic E-state index is 12.0. The van der Waals surface area contributed by atoms with Crippen LogP contribution in [0.4, 0.5) is 5.69 Å². The summed E-state index contributed by atoms with van der Waals surface area (Å²) in [5, 5.41) is 14.2. The number of esters is 1. The molecule has 2 aromatic heterocycles. The molecule has 6 nitrogen and oxygen atoms in total. The summed E-state index contributed by atoms with van der Waals surface area (Å²) in [4.78, 5) is 23.7. The molecule has 3 rings (SSSR count). The zero-order valence-electron chi connectivity index (χ0n) is 12.5. The fourth-order valence-electron chi connectivity index (χ4n) is 2.26. The second kappa shape index (κ2) is 6.62. The topological polar surface area (TPSA) is 84.1 Å². The highest BCUT2D eigenvalue weighted by atomic mass is 32.1. The fourth-order valence-corrected chi connectivity index (χ4v) is 2.96. The Balaban J connectivity index is 1.72. The van der Waals surface area contributed by atoms with Crippen LogP contribution in [-0.4, -0.2) is 29.2 Å². The highest BCUT2D eigenvalue weighted by Gasteiger charge is 2.15. The number of carbonyl (C=O) groups is 2. The van der Waals surface area contributed by atoms with E-state index in [0.29, 0.717) is 29.4 Å². The van der Waals surface area contributed by atoms with Gasteiger partial charge in [0.2, 0.25) is 5.91 Å². The molecule has 0 aliphatic carbocycles. The van der Waals surface area contributed by atoms with Crippen LogP contribution in [0.1, 0.15) is 22.5 Å². The van der Waals surface area contributed by atoms with E-state index in [-0.39, 0.29) is 11.6 Å². The van der Waals surface area contributed by atoms with Crippen molar-refractivity contribution in [2.45, 2.75) is 12.8 Å². The van der Waals surface area contributed by atoms with Gasteiger partial charge in [0, 0.05) is 17.5 Å². The van der Waals surface area contributed by atoms with Crippen LogP contribution in [0.5, 0.6) is 0 Å². The van der Waals surface area contributed by atoms with Crippen molar-refractivity contribution in [3.8, 4) is 0 Å². The lowest BCUT2D eigenvalue weighted by Gasteiger charge is -2.05. The largest absolute Gasteiger partial charge is 0.464 e. The number of methoxy groups -OCH3 is 1. The van der Waals surface area contributed by atoms with Crippen molar-refractivity contribution in [3.05, 3.63) is 46.3 Å². The lowest BCUT2D eigenvalue weighted by molar-refractivity contribution is -0.116. The van der Waals surface area contributed by atoms with Crippen molar-refractivity contribution in [2.24, 2.45) is 0 Å². The molecule has 0 radical (unpaired) electrons. The predicted molar refractivity (Wildman–Crippen MR) is 88.7 cm³/mol. The minimum absolute atomic E-state index is 0.0707. The third kappa shape index (κ3) is 3.40. The predicted octanol–water partition coefficient (Wildman–Crippen LogP) is 2.98. The quantitative estimate of drug-likeness (QED) is 0.705. The van der Waals surface area contributed by atoms with Crippen molar-refractivity contribution in [1.29, 1.82) is 0 Å². The molecular weight excluding hydrogens is 314 g/mol. The van der Waals surface area contributed by atoms with Crippen LogP contribution in [-0.2, 0) is 16.0 Å². The van der Waals surface area contributed by atoms with Crippen LogP contribution < -0.4 is 5.32 Å². The van der Waals surface area contributed by atoms with Crippen molar-refractivity contribution in [2.75, 3.05) is 12.4 Å². The first-order valence-electron chi connectivity index (χ1n) is 7.05. The number of aromatic nitrogens is 2. The van der Waals surface area contributed by atoms with E-state index < -0.39 is 5.97 Å². The highest BCUT2D eigenvalue weighted by Crippen LogP contribution is 2.21. The molecule has 0 saturated heterocycles. The molecule has 1 amide bonds. The molecule has 2 heterocycles. The summed E-state index contributed by atoms with van der Waals surface area (Å²) in [6, 6.07) is 7.26. The molecule has 0 unspecified atom stereocenters. The van der Waals surface area contributed by atoms with Crippen molar-refractivity contribution >= 4 is 39.8 Å². The van der Waals surface area contributed by atoms with Gasteiger partial charge in [-0.1, -0.05) is 0 Å².